The average Bonchev–Trinajstić information content (AvgIpc) is 3.22. The normalized spacial score (nSPS) is 13.3. The van der Waals surface area contributed by atoms with Crippen LogP contribution in [0.2, 0.25) is 0 Å². The fourth-order valence-corrected chi connectivity index (χ4v) is 3.64. The van der Waals surface area contributed by atoms with Crippen molar-refractivity contribution in [2.24, 2.45) is 0 Å². The van der Waals surface area contributed by atoms with Gasteiger partial charge >= 0.3 is 0 Å². The van der Waals surface area contributed by atoms with Crippen molar-refractivity contribution >= 4 is 50.8 Å². The molecule has 1 aliphatic carbocycles. The third kappa shape index (κ3) is 2.58. The van der Waals surface area contributed by atoms with Crippen molar-refractivity contribution < 1.29 is 4.79 Å². The molecule has 0 atom stereocenters. The summed E-state index contributed by atoms with van der Waals surface area (Å²) in [6, 6.07) is 6.07. The Hall–Kier alpha value is -2.05. The van der Waals surface area contributed by atoms with Crippen LogP contribution in [0, 0.1) is 0 Å². The van der Waals surface area contributed by atoms with Crippen LogP contribution in [-0.4, -0.2) is 26.7 Å². The van der Waals surface area contributed by atoms with E-state index >= 15 is 0 Å². The number of benzene rings is 1. The van der Waals surface area contributed by atoms with Gasteiger partial charge in [0.2, 0.25) is 11.9 Å². The first-order chi connectivity index (χ1) is 11.3. The molecule has 7 heteroatoms. The van der Waals surface area contributed by atoms with E-state index in [0.29, 0.717) is 5.95 Å². The molecule has 5 nitrogen and oxygen atoms in total. The fourth-order valence-electron chi connectivity index (χ4n) is 2.90. The van der Waals surface area contributed by atoms with Crippen LogP contribution >= 0.6 is 22.9 Å². The number of aromatic nitrogens is 3. The van der Waals surface area contributed by atoms with Crippen LogP contribution in [0.1, 0.15) is 17.5 Å². The zero-order chi connectivity index (χ0) is 15.8. The van der Waals surface area contributed by atoms with Crippen molar-refractivity contribution in [3.05, 3.63) is 41.0 Å². The Kier molecular flexibility index (Phi) is 3.71. The minimum Gasteiger partial charge on any atom is -0.273 e. The minimum absolute atomic E-state index is 0.124. The van der Waals surface area contributed by atoms with Crippen LogP contribution < -0.4 is 4.90 Å². The number of carbonyl (C=O) groups is 1. The van der Waals surface area contributed by atoms with E-state index in [0.717, 1.165) is 35.3 Å². The molecule has 23 heavy (non-hydrogen) atoms. The Labute approximate surface area is 142 Å². The molecule has 0 radical (unpaired) electrons. The maximum Gasteiger partial charge on any atom is 0.248 e. The molecule has 0 unspecified atom stereocenters. The molecular formula is C16H13ClN4OS. The van der Waals surface area contributed by atoms with Gasteiger partial charge in [-0.1, -0.05) is 6.07 Å². The van der Waals surface area contributed by atoms with Crippen LogP contribution in [0.5, 0.6) is 0 Å². The lowest BCUT2D eigenvalue weighted by molar-refractivity contribution is -0.115. The molecule has 116 valence electrons. The fraction of sp³-hybridized carbons (Fsp3) is 0.250. The largest absolute Gasteiger partial charge is 0.273 e. The maximum absolute atomic E-state index is 12.4. The summed E-state index contributed by atoms with van der Waals surface area (Å²) in [5, 5.41) is 0. The van der Waals surface area contributed by atoms with Gasteiger partial charge < -0.3 is 0 Å². The van der Waals surface area contributed by atoms with Crippen molar-refractivity contribution in [2.75, 3.05) is 10.8 Å². The van der Waals surface area contributed by atoms with E-state index < -0.39 is 0 Å². The minimum atomic E-state index is -0.242. The van der Waals surface area contributed by atoms with E-state index in [-0.39, 0.29) is 11.8 Å². The third-order valence-electron chi connectivity index (χ3n) is 3.98. The van der Waals surface area contributed by atoms with Crippen molar-refractivity contribution in [1.82, 2.24) is 15.0 Å². The van der Waals surface area contributed by atoms with E-state index in [2.05, 4.69) is 21.0 Å². The van der Waals surface area contributed by atoms with E-state index in [4.69, 9.17) is 11.6 Å². The number of fused-ring (bicyclic) bond motifs is 2. The molecule has 1 aromatic carbocycles. The molecule has 0 fully saturated rings. The third-order valence-corrected chi connectivity index (χ3v) is 4.95. The van der Waals surface area contributed by atoms with Gasteiger partial charge in [-0.25, -0.2) is 14.9 Å². The molecule has 1 amide bonds. The number of nitrogens with zero attached hydrogens (tertiary/aromatic N) is 4. The Morgan fingerprint density at radius 1 is 1.26 bits per heavy atom. The van der Waals surface area contributed by atoms with Gasteiger partial charge in [0.15, 0.2) is 0 Å². The summed E-state index contributed by atoms with van der Waals surface area (Å²) in [7, 11) is 0. The van der Waals surface area contributed by atoms with E-state index in [1.165, 1.54) is 27.4 Å². The summed E-state index contributed by atoms with van der Waals surface area (Å²) in [6.45, 7) is 0. The Morgan fingerprint density at radius 2 is 2.13 bits per heavy atom. The summed E-state index contributed by atoms with van der Waals surface area (Å²) in [5.41, 5.74) is 5.84. The van der Waals surface area contributed by atoms with Gasteiger partial charge in [-0.2, -0.15) is 4.98 Å². The lowest BCUT2D eigenvalue weighted by Gasteiger charge is -2.20. The number of hydrogen-bond acceptors (Lipinski definition) is 5. The van der Waals surface area contributed by atoms with Crippen molar-refractivity contribution in [3.63, 3.8) is 0 Å². The van der Waals surface area contributed by atoms with Gasteiger partial charge in [0, 0.05) is 0 Å². The second-order valence-corrected chi connectivity index (χ2v) is 6.48. The predicted molar refractivity (Wildman–Crippen MR) is 91.5 cm³/mol. The number of halogens is 1. The number of thiazole rings is 1. The molecular weight excluding hydrogens is 332 g/mol. The number of rotatable bonds is 3. The first-order valence-electron chi connectivity index (χ1n) is 7.33. The predicted octanol–water partition coefficient (Wildman–Crippen LogP) is 3.48. The number of hydrogen-bond donors (Lipinski definition) is 0. The first-order valence-corrected chi connectivity index (χ1v) is 8.74. The Morgan fingerprint density at radius 3 is 3.00 bits per heavy atom. The van der Waals surface area contributed by atoms with Gasteiger partial charge in [-0.15, -0.1) is 22.9 Å². The maximum atomic E-state index is 12.4. The second kappa shape index (κ2) is 5.86. The molecule has 0 saturated carbocycles. The monoisotopic (exact) mass is 344 g/mol. The SMILES string of the molecule is O=C(CCl)N(c1ccc2c(c1)CCC2)c1ncc2ncsc2n1. The highest BCUT2D eigenvalue weighted by atomic mass is 35.5. The lowest BCUT2D eigenvalue weighted by atomic mass is 10.1. The number of amides is 1. The zero-order valence-electron chi connectivity index (χ0n) is 12.2. The Bertz CT molecular complexity index is 895. The van der Waals surface area contributed by atoms with Gasteiger partial charge in [0.05, 0.1) is 17.4 Å². The molecule has 0 aliphatic heterocycles. The topological polar surface area (TPSA) is 59.0 Å². The average molecular weight is 345 g/mol. The Balaban J connectivity index is 1.82. The second-order valence-electron chi connectivity index (χ2n) is 5.38. The van der Waals surface area contributed by atoms with Crippen LogP contribution in [0.15, 0.2) is 29.9 Å². The highest BCUT2D eigenvalue weighted by Crippen LogP contribution is 2.30. The van der Waals surface area contributed by atoms with Crippen LogP contribution in [0.25, 0.3) is 10.3 Å². The molecule has 0 bridgehead atoms. The van der Waals surface area contributed by atoms with Crippen molar-refractivity contribution in [1.29, 1.82) is 0 Å². The number of aryl methyl sites for hydroxylation is 2. The molecule has 4 rings (SSSR count). The van der Waals surface area contributed by atoms with Gasteiger partial charge in [-0.05, 0) is 42.5 Å². The quantitative estimate of drug-likeness (QED) is 0.682. The number of anilines is 2. The van der Waals surface area contributed by atoms with Crippen molar-refractivity contribution in [2.45, 2.75) is 19.3 Å². The summed E-state index contributed by atoms with van der Waals surface area (Å²) in [6.07, 6.45) is 4.94. The molecule has 2 aromatic heterocycles. The van der Waals surface area contributed by atoms with E-state index in [1.807, 2.05) is 12.1 Å². The molecule has 2 heterocycles. The summed E-state index contributed by atoms with van der Waals surface area (Å²) < 4.78 is 0. The highest BCUT2D eigenvalue weighted by Gasteiger charge is 2.22. The van der Waals surface area contributed by atoms with Crippen LogP contribution in [-0.2, 0) is 17.6 Å². The molecule has 1 aliphatic rings. The molecule has 0 N–H and O–H groups in total. The lowest BCUT2D eigenvalue weighted by Crippen LogP contribution is -2.28. The van der Waals surface area contributed by atoms with Crippen LogP contribution in [0.3, 0.4) is 0 Å². The summed E-state index contributed by atoms with van der Waals surface area (Å²) >= 11 is 7.22. The van der Waals surface area contributed by atoms with E-state index in [9.17, 15) is 4.79 Å². The summed E-state index contributed by atoms with van der Waals surface area (Å²) in [5.74, 6) is -0.0277. The van der Waals surface area contributed by atoms with E-state index in [1.54, 1.807) is 11.7 Å². The highest BCUT2D eigenvalue weighted by molar-refractivity contribution is 7.16. The molecule has 0 saturated heterocycles. The van der Waals surface area contributed by atoms with Crippen molar-refractivity contribution in [3.8, 4) is 0 Å². The molecule has 0 spiro atoms. The number of alkyl halides is 1. The zero-order valence-corrected chi connectivity index (χ0v) is 13.8. The summed E-state index contributed by atoms with van der Waals surface area (Å²) in [4.78, 5) is 27.6. The first kappa shape index (κ1) is 14.5. The van der Waals surface area contributed by atoms with Gasteiger partial charge in [0.25, 0.3) is 0 Å². The van der Waals surface area contributed by atoms with Crippen LogP contribution in [0.4, 0.5) is 11.6 Å². The number of carbonyl (C=O) groups excluding carboxylic acids is 1. The molecule has 3 aromatic rings. The standard InChI is InChI=1S/C16H13ClN4OS/c17-7-14(22)21(12-5-4-10-2-1-3-11(10)6-12)16-18-8-13-15(20-16)23-9-19-13/h4-6,8-9H,1-3,7H2. The van der Waals surface area contributed by atoms with Gasteiger partial charge in [-0.3, -0.25) is 4.79 Å². The van der Waals surface area contributed by atoms with Gasteiger partial charge in [0.1, 0.15) is 16.2 Å². The smallest absolute Gasteiger partial charge is 0.248 e.